The Morgan fingerprint density at radius 1 is 1.28 bits per heavy atom. The first-order valence-electron chi connectivity index (χ1n) is 6.03. The van der Waals surface area contributed by atoms with Gasteiger partial charge in [-0.15, -0.1) is 0 Å². The van der Waals surface area contributed by atoms with Crippen LogP contribution in [-0.2, 0) is 14.6 Å². The molecule has 0 aliphatic rings. The van der Waals surface area contributed by atoms with Crippen LogP contribution in [0.2, 0.25) is 0 Å². The summed E-state index contributed by atoms with van der Waals surface area (Å²) in [5.41, 5.74) is 0. The Morgan fingerprint density at radius 3 is 2.44 bits per heavy atom. The van der Waals surface area contributed by atoms with Gasteiger partial charge < -0.3 is 5.32 Å². The zero-order chi connectivity index (χ0) is 13.6. The molecule has 1 amide bonds. The molecule has 1 N–H and O–H groups in total. The quantitative estimate of drug-likeness (QED) is 0.856. The van der Waals surface area contributed by atoms with Gasteiger partial charge in [0.25, 0.3) is 0 Å². The van der Waals surface area contributed by atoms with Crippen LogP contribution in [0.15, 0.2) is 35.2 Å². The third-order valence-corrected chi connectivity index (χ3v) is 4.19. The first-order chi connectivity index (χ1) is 8.45. The summed E-state index contributed by atoms with van der Waals surface area (Å²) in [6.07, 6.45) is 1.80. The monoisotopic (exact) mass is 269 g/mol. The maximum absolute atomic E-state index is 11.9. The molecule has 1 aromatic rings. The van der Waals surface area contributed by atoms with E-state index in [4.69, 9.17) is 0 Å². The first kappa shape index (κ1) is 14.7. The second-order valence-electron chi connectivity index (χ2n) is 4.33. The molecule has 0 aliphatic carbocycles. The minimum atomic E-state index is -3.53. The van der Waals surface area contributed by atoms with Gasteiger partial charge in [0.1, 0.15) is 5.75 Å². The number of nitrogens with one attached hydrogen (secondary N) is 1. The van der Waals surface area contributed by atoms with Crippen LogP contribution in [0, 0.1) is 0 Å². The van der Waals surface area contributed by atoms with E-state index in [0.717, 1.165) is 12.8 Å². The number of hydrogen-bond donors (Lipinski definition) is 1. The highest BCUT2D eigenvalue weighted by Crippen LogP contribution is 2.09. The molecular weight excluding hydrogens is 250 g/mol. The fraction of sp³-hybridized carbons (Fsp3) is 0.462. The third-order valence-electron chi connectivity index (χ3n) is 2.55. The van der Waals surface area contributed by atoms with Gasteiger partial charge in [-0.05, 0) is 25.5 Å². The van der Waals surface area contributed by atoms with Crippen molar-refractivity contribution in [3.8, 4) is 0 Å². The number of hydrogen-bond acceptors (Lipinski definition) is 3. The number of amides is 1. The molecule has 1 rings (SSSR count). The Balaban J connectivity index is 2.64. The van der Waals surface area contributed by atoms with Crippen molar-refractivity contribution in [1.82, 2.24) is 5.32 Å². The molecule has 0 spiro atoms. The van der Waals surface area contributed by atoms with Crippen LogP contribution in [0.5, 0.6) is 0 Å². The Morgan fingerprint density at radius 2 is 1.89 bits per heavy atom. The highest BCUT2D eigenvalue weighted by atomic mass is 32.2. The molecule has 0 aromatic heterocycles. The molecule has 1 atom stereocenters. The lowest BCUT2D eigenvalue weighted by molar-refractivity contribution is -0.119. The number of sulfone groups is 1. The maximum atomic E-state index is 11.9. The Hall–Kier alpha value is -1.36. The van der Waals surface area contributed by atoms with Crippen molar-refractivity contribution in [1.29, 1.82) is 0 Å². The van der Waals surface area contributed by atoms with Gasteiger partial charge in [0.05, 0.1) is 4.90 Å². The van der Waals surface area contributed by atoms with Gasteiger partial charge in [0, 0.05) is 6.04 Å². The number of carbonyl (C=O) groups excluding carboxylic acids is 1. The molecule has 0 saturated carbocycles. The normalized spacial score (nSPS) is 13.0. The molecule has 0 fully saturated rings. The van der Waals surface area contributed by atoms with Crippen LogP contribution >= 0.6 is 0 Å². The second kappa shape index (κ2) is 6.54. The molecule has 0 heterocycles. The van der Waals surface area contributed by atoms with Crippen LogP contribution in [0.1, 0.15) is 26.7 Å². The van der Waals surface area contributed by atoms with Crippen LogP contribution in [0.3, 0.4) is 0 Å². The molecule has 0 bridgehead atoms. The largest absolute Gasteiger partial charge is 0.353 e. The average molecular weight is 269 g/mol. The van der Waals surface area contributed by atoms with Gasteiger partial charge in [-0.25, -0.2) is 8.42 Å². The summed E-state index contributed by atoms with van der Waals surface area (Å²) in [7, 11) is -3.53. The van der Waals surface area contributed by atoms with E-state index in [1.165, 1.54) is 12.1 Å². The first-order valence-corrected chi connectivity index (χ1v) is 7.68. The van der Waals surface area contributed by atoms with Gasteiger partial charge >= 0.3 is 0 Å². The number of rotatable bonds is 6. The minimum Gasteiger partial charge on any atom is -0.353 e. The van der Waals surface area contributed by atoms with E-state index in [0.29, 0.717) is 0 Å². The summed E-state index contributed by atoms with van der Waals surface area (Å²) in [4.78, 5) is 11.8. The lowest BCUT2D eigenvalue weighted by Crippen LogP contribution is -2.36. The van der Waals surface area contributed by atoms with Crippen molar-refractivity contribution in [2.75, 3.05) is 5.75 Å². The maximum Gasteiger partial charge on any atom is 0.235 e. The van der Waals surface area contributed by atoms with Gasteiger partial charge in [-0.1, -0.05) is 31.5 Å². The summed E-state index contributed by atoms with van der Waals surface area (Å²) in [6, 6.07) is 8.03. The SMILES string of the molecule is CCCC(C)NC(=O)CS(=O)(=O)c1ccccc1. The molecule has 1 aromatic carbocycles. The van der Waals surface area contributed by atoms with Gasteiger partial charge in [-0.3, -0.25) is 4.79 Å². The molecule has 1 unspecified atom stereocenters. The van der Waals surface area contributed by atoms with Crippen molar-refractivity contribution in [2.24, 2.45) is 0 Å². The van der Waals surface area contributed by atoms with Gasteiger partial charge in [-0.2, -0.15) is 0 Å². The van der Waals surface area contributed by atoms with E-state index >= 15 is 0 Å². The number of carbonyl (C=O) groups is 1. The Labute approximate surface area is 108 Å². The minimum absolute atomic E-state index is 0.00785. The lowest BCUT2D eigenvalue weighted by Gasteiger charge is -2.12. The van der Waals surface area contributed by atoms with Gasteiger partial charge in [0.2, 0.25) is 5.91 Å². The van der Waals surface area contributed by atoms with E-state index < -0.39 is 21.5 Å². The predicted octanol–water partition coefficient (Wildman–Crippen LogP) is 1.77. The van der Waals surface area contributed by atoms with Crippen molar-refractivity contribution >= 4 is 15.7 Å². The van der Waals surface area contributed by atoms with Crippen LogP contribution in [0.4, 0.5) is 0 Å². The van der Waals surface area contributed by atoms with E-state index in [1.807, 2.05) is 13.8 Å². The van der Waals surface area contributed by atoms with Gasteiger partial charge in [0.15, 0.2) is 9.84 Å². The third kappa shape index (κ3) is 4.49. The molecule has 5 heteroatoms. The van der Waals surface area contributed by atoms with Crippen molar-refractivity contribution in [3.05, 3.63) is 30.3 Å². The fourth-order valence-corrected chi connectivity index (χ4v) is 2.87. The summed E-state index contributed by atoms with van der Waals surface area (Å²) >= 11 is 0. The zero-order valence-corrected chi connectivity index (χ0v) is 11.5. The average Bonchev–Trinajstić information content (AvgIpc) is 2.29. The molecular formula is C13H19NO3S. The molecule has 4 nitrogen and oxygen atoms in total. The van der Waals surface area contributed by atoms with E-state index in [1.54, 1.807) is 18.2 Å². The second-order valence-corrected chi connectivity index (χ2v) is 6.32. The topological polar surface area (TPSA) is 63.2 Å². The van der Waals surface area contributed by atoms with Crippen LogP contribution < -0.4 is 5.32 Å². The molecule has 100 valence electrons. The highest BCUT2D eigenvalue weighted by molar-refractivity contribution is 7.92. The van der Waals surface area contributed by atoms with Crippen LogP contribution in [0.25, 0.3) is 0 Å². The summed E-state index contributed by atoms with van der Waals surface area (Å²) < 4.78 is 23.8. The standard InChI is InChI=1S/C13H19NO3S/c1-3-7-11(2)14-13(15)10-18(16,17)12-8-5-4-6-9-12/h4-6,8-9,11H,3,7,10H2,1-2H3,(H,14,15). The molecule has 0 saturated heterocycles. The fourth-order valence-electron chi connectivity index (χ4n) is 1.71. The summed E-state index contributed by atoms with van der Waals surface area (Å²) in [5, 5.41) is 2.69. The Bertz CT molecular complexity index is 482. The van der Waals surface area contributed by atoms with Crippen molar-refractivity contribution < 1.29 is 13.2 Å². The molecule has 0 aliphatic heterocycles. The Kier molecular flexibility index (Phi) is 5.34. The highest BCUT2D eigenvalue weighted by Gasteiger charge is 2.19. The predicted molar refractivity (Wildman–Crippen MR) is 71.0 cm³/mol. The lowest BCUT2D eigenvalue weighted by atomic mass is 10.2. The smallest absolute Gasteiger partial charge is 0.235 e. The van der Waals surface area contributed by atoms with Crippen molar-refractivity contribution in [2.45, 2.75) is 37.6 Å². The van der Waals surface area contributed by atoms with E-state index in [2.05, 4.69) is 5.32 Å². The van der Waals surface area contributed by atoms with E-state index in [-0.39, 0.29) is 10.9 Å². The van der Waals surface area contributed by atoms with Crippen molar-refractivity contribution in [3.63, 3.8) is 0 Å². The van der Waals surface area contributed by atoms with Crippen LogP contribution in [-0.4, -0.2) is 26.1 Å². The molecule has 0 radical (unpaired) electrons. The van der Waals surface area contributed by atoms with E-state index in [9.17, 15) is 13.2 Å². The summed E-state index contributed by atoms with van der Waals surface area (Å²) in [6.45, 7) is 3.89. The zero-order valence-electron chi connectivity index (χ0n) is 10.7. The molecule has 18 heavy (non-hydrogen) atoms. The number of benzene rings is 1. The summed E-state index contributed by atoms with van der Waals surface area (Å²) in [5.74, 6) is -0.940.